The molecule has 15 heavy (non-hydrogen) atoms. The molecule has 0 heterocycles. The highest BCUT2D eigenvalue weighted by molar-refractivity contribution is 5.82. The van der Waals surface area contributed by atoms with E-state index in [9.17, 15) is 4.39 Å². The zero-order chi connectivity index (χ0) is 11.4. The number of amidine groups is 1. The topological polar surface area (TPSA) is 59.1 Å². The van der Waals surface area contributed by atoms with Crippen molar-refractivity contribution >= 4 is 5.84 Å². The highest BCUT2D eigenvalue weighted by Crippen LogP contribution is 2.20. The first-order valence-electron chi connectivity index (χ1n) is 4.81. The molecule has 0 amide bonds. The minimum absolute atomic E-state index is 0.0128. The largest absolute Gasteiger partial charge is 0.482 e. The van der Waals surface area contributed by atoms with Crippen LogP contribution in [0.4, 0.5) is 4.39 Å². The summed E-state index contributed by atoms with van der Waals surface area (Å²) >= 11 is 0. The number of rotatable bonds is 4. The molecule has 0 saturated carbocycles. The molecule has 0 aliphatic heterocycles. The number of ether oxygens (including phenoxy) is 1. The molecule has 0 fully saturated rings. The van der Waals surface area contributed by atoms with Gasteiger partial charge in [0.2, 0.25) is 0 Å². The molecule has 4 heteroatoms. The van der Waals surface area contributed by atoms with Crippen LogP contribution in [0.3, 0.4) is 0 Å². The van der Waals surface area contributed by atoms with Crippen LogP contribution >= 0.6 is 0 Å². The van der Waals surface area contributed by atoms with Gasteiger partial charge in [0.15, 0.2) is 6.10 Å². The van der Waals surface area contributed by atoms with Crippen LogP contribution in [0.1, 0.15) is 18.9 Å². The Hall–Kier alpha value is -1.58. The third-order valence-corrected chi connectivity index (χ3v) is 2.12. The number of benzene rings is 1. The maximum atomic E-state index is 12.8. The third kappa shape index (κ3) is 2.94. The first-order valence-corrected chi connectivity index (χ1v) is 4.81. The van der Waals surface area contributed by atoms with Crippen molar-refractivity contribution in [2.24, 2.45) is 5.73 Å². The van der Waals surface area contributed by atoms with E-state index in [1.807, 2.05) is 6.92 Å². The standard InChI is InChI=1S/C11H15FN2O/c1-3-9(11(13)14)15-10-5-4-8(12)6-7(10)2/h4-6,9H,3H2,1-2H3,(H3,13,14). The zero-order valence-electron chi connectivity index (χ0n) is 8.88. The molecule has 0 aliphatic rings. The molecule has 3 N–H and O–H groups in total. The third-order valence-electron chi connectivity index (χ3n) is 2.12. The molecule has 0 spiro atoms. The average Bonchev–Trinajstić information content (AvgIpc) is 2.16. The number of halogens is 1. The van der Waals surface area contributed by atoms with E-state index in [-0.39, 0.29) is 11.7 Å². The predicted molar refractivity (Wildman–Crippen MR) is 57.8 cm³/mol. The molecule has 0 bridgehead atoms. The van der Waals surface area contributed by atoms with E-state index in [0.717, 1.165) is 0 Å². The summed E-state index contributed by atoms with van der Waals surface area (Å²) in [4.78, 5) is 0. The van der Waals surface area contributed by atoms with Crippen LogP contribution in [0.5, 0.6) is 5.75 Å². The number of hydrogen-bond donors (Lipinski definition) is 2. The van der Waals surface area contributed by atoms with Gasteiger partial charge in [-0.15, -0.1) is 0 Å². The van der Waals surface area contributed by atoms with Crippen molar-refractivity contribution < 1.29 is 9.13 Å². The van der Waals surface area contributed by atoms with Gasteiger partial charge in [-0.2, -0.15) is 0 Å². The molecule has 1 aromatic rings. The monoisotopic (exact) mass is 210 g/mol. The summed E-state index contributed by atoms with van der Waals surface area (Å²) in [6.07, 6.45) is 0.181. The van der Waals surface area contributed by atoms with Crippen LogP contribution in [0.25, 0.3) is 0 Å². The molecule has 0 saturated heterocycles. The number of hydrogen-bond acceptors (Lipinski definition) is 2. The van der Waals surface area contributed by atoms with Crippen molar-refractivity contribution in [1.29, 1.82) is 5.41 Å². The van der Waals surface area contributed by atoms with Gasteiger partial charge in [0, 0.05) is 0 Å². The Balaban J connectivity index is 2.84. The fourth-order valence-electron chi connectivity index (χ4n) is 1.27. The Labute approximate surface area is 88.6 Å². The second kappa shape index (κ2) is 4.77. The zero-order valence-corrected chi connectivity index (χ0v) is 8.88. The summed E-state index contributed by atoms with van der Waals surface area (Å²) < 4.78 is 18.3. The summed E-state index contributed by atoms with van der Waals surface area (Å²) in [6.45, 7) is 3.64. The first-order chi connectivity index (χ1) is 7.04. The molecule has 0 radical (unpaired) electrons. The molecule has 1 rings (SSSR count). The van der Waals surface area contributed by atoms with E-state index in [1.54, 1.807) is 13.0 Å². The first kappa shape index (κ1) is 11.5. The van der Waals surface area contributed by atoms with Gasteiger partial charge in [0.1, 0.15) is 17.4 Å². The lowest BCUT2D eigenvalue weighted by Crippen LogP contribution is -2.32. The maximum Gasteiger partial charge on any atom is 0.155 e. The molecular weight excluding hydrogens is 195 g/mol. The molecule has 1 aromatic carbocycles. The Morgan fingerprint density at radius 2 is 2.27 bits per heavy atom. The predicted octanol–water partition coefficient (Wildman–Crippen LogP) is 2.23. The van der Waals surface area contributed by atoms with Crippen molar-refractivity contribution in [2.45, 2.75) is 26.4 Å². The smallest absolute Gasteiger partial charge is 0.155 e. The van der Waals surface area contributed by atoms with Gasteiger partial charge in [0.05, 0.1) is 0 Å². The van der Waals surface area contributed by atoms with Crippen LogP contribution in [0.2, 0.25) is 0 Å². The van der Waals surface area contributed by atoms with Crippen molar-refractivity contribution in [3.05, 3.63) is 29.6 Å². The number of aryl methyl sites for hydroxylation is 1. The van der Waals surface area contributed by atoms with E-state index >= 15 is 0 Å². The van der Waals surface area contributed by atoms with Gasteiger partial charge in [-0.25, -0.2) is 4.39 Å². The van der Waals surface area contributed by atoms with Crippen LogP contribution < -0.4 is 10.5 Å². The van der Waals surface area contributed by atoms with Gasteiger partial charge in [-0.1, -0.05) is 6.92 Å². The van der Waals surface area contributed by atoms with Gasteiger partial charge < -0.3 is 10.5 Å². The molecule has 1 atom stereocenters. The molecule has 3 nitrogen and oxygen atoms in total. The van der Waals surface area contributed by atoms with Crippen LogP contribution in [0.15, 0.2) is 18.2 Å². The molecule has 0 aliphatic carbocycles. The Morgan fingerprint density at radius 3 is 2.73 bits per heavy atom. The lowest BCUT2D eigenvalue weighted by Gasteiger charge is -2.17. The van der Waals surface area contributed by atoms with E-state index in [2.05, 4.69) is 0 Å². The summed E-state index contributed by atoms with van der Waals surface area (Å²) in [7, 11) is 0. The Morgan fingerprint density at radius 1 is 1.60 bits per heavy atom. The molecule has 1 unspecified atom stereocenters. The minimum Gasteiger partial charge on any atom is -0.482 e. The van der Waals surface area contributed by atoms with Crippen LogP contribution in [-0.2, 0) is 0 Å². The van der Waals surface area contributed by atoms with E-state index in [1.165, 1.54) is 12.1 Å². The van der Waals surface area contributed by atoms with E-state index in [0.29, 0.717) is 17.7 Å². The van der Waals surface area contributed by atoms with Crippen molar-refractivity contribution in [3.8, 4) is 5.75 Å². The van der Waals surface area contributed by atoms with E-state index in [4.69, 9.17) is 15.9 Å². The molecular formula is C11H15FN2O. The van der Waals surface area contributed by atoms with Crippen LogP contribution in [0, 0.1) is 18.2 Å². The SMILES string of the molecule is CCC(Oc1ccc(F)cc1C)C(=N)N. The maximum absolute atomic E-state index is 12.8. The van der Waals surface area contributed by atoms with Crippen molar-refractivity contribution in [3.63, 3.8) is 0 Å². The highest BCUT2D eigenvalue weighted by Gasteiger charge is 2.12. The van der Waals surface area contributed by atoms with Crippen LogP contribution in [-0.4, -0.2) is 11.9 Å². The quantitative estimate of drug-likeness (QED) is 0.591. The lowest BCUT2D eigenvalue weighted by molar-refractivity contribution is 0.258. The fourth-order valence-corrected chi connectivity index (χ4v) is 1.27. The molecule has 82 valence electrons. The minimum atomic E-state index is -0.436. The number of nitrogens with one attached hydrogen (secondary N) is 1. The Kier molecular flexibility index (Phi) is 3.66. The van der Waals surface area contributed by atoms with E-state index < -0.39 is 6.10 Å². The van der Waals surface area contributed by atoms with Gasteiger partial charge in [-0.3, -0.25) is 5.41 Å². The van der Waals surface area contributed by atoms with Gasteiger partial charge >= 0.3 is 0 Å². The lowest BCUT2D eigenvalue weighted by atomic mass is 10.2. The second-order valence-electron chi connectivity index (χ2n) is 3.38. The second-order valence-corrected chi connectivity index (χ2v) is 3.38. The summed E-state index contributed by atoms with van der Waals surface area (Å²) in [5.41, 5.74) is 6.06. The summed E-state index contributed by atoms with van der Waals surface area (Å²) in [5.74, 6) is 0.260. The fraction of sp³-hybridized carbons (Fsp3) is 0.364. The van der Waals surface area contributed by atoms with Crippen molar-refractivity contribution in [1.82, 2.24) is 0 Å². The normalized spacial score (nSPS) is 12.2. The van der Waals surface area contributed by atoms with Gasteiger partial charge in [-0.05, 0) is 37.1 Å². The summed E-state index contributed by atoms with van der Waals surface area (Å²) in [5, 5.41) is 7.29. The van der Waals surface area contributed by atoms with Gasteiger partial charge in [0.25, 0.3) is 0 Å². The highest BCUT2D eigenvalue weighted by atomic mass is 19.1. The molecule has 0 aromatic heterocycles. The average molecular weight is 210 g/mol. The Bertz CT molecular complexity index is 366. The van der Waals surface area contributed by atoms with Crippen molar-refractivity contribution in [2.75, 3.05) is 0 Å². The number of nitrogens with two attached hydrogens (primary N) is 1. The summed E-state index contributed by atoms with van der Waals surface area (Å²) in [6, 6.07) is 4.27.